The Labute approximate surface area is 158 Å². The summed E-state index contributed by atoms with van der Waals surface area (Å²) >= 11 is 6.05. The number of aryl methyl sites for hydroxylation is 2. The summed E-state index contributed by atoms with van der Waals surface area (Å²) in [6.07, 6.45) is 0.155. The van der Waals surface area contributed by atoms with Gasteiger partial charge in [0.05, 0.1) is 12.8 Å². The summed E-state index contributed by atoms with van der Waals surface area (Å²) < 4.78 is 5.31. The molecule has 0 aliphatic rings. The Hall–Kier alpha value is -2.53. The highest BCUT2D eigenvalue weighted by Gasteiger charge is 2.18. The largest absolute Gasteiger partial charge is 0.495 e. The molecule has 0 spiro atoms. The number of hydrogen-bond acceptors (Lipinski definition) is 3. The first kappa shape index (κ1) is 19.8. The minimum Gasteiger partial charge on any atom is -0.495 e. The molecule has 2 aromatic carbocycles. The van der Waals surface area contributed by atoms with Crippen molar-refractivity contribution in [3.05, 3.63) is 52.5 Å². The Morgan fingerprint density at radius 2 is 1.77 bits per heavy atom. The van der Waals surface area contributed by atoms with E-state index in [-0.39, 0.29) is 24.8 Å². The number of methoxy groups -OCH3 is 1. The van der Waals surface area contributed by atoms with Crippen molar-refractivity contribution in [2.75, 3.05) is 23.9 Å². The van der Waals surface area contributed by atoms with E-state index < -0.39 is 0 Å². The minimum atomic E-state index is -0.190. The van der Waals surface area contributed by atoms with E-state index in [1.807, 2.05) is 32.0 Å². The van der Waals surface area contributed by atoms with Gasteiger partial charge in [-0.1, -0.05) is 17.7 Å². The fourth-order valence-electron chi connectivity index (χ4n) is 2.81. The number of anilines is 2. The Bertz CT molecular complexity index is 800. The van der Waals surface area contributed by atoms with Crippen LogP contribution in [0.1, 0.15) is 24.5 Å². The van der Waals surface area contributed by atoms with E-state index in [0.717, 1.165) is 16.8 Å². The Morgan fingerprint density at radius 3 is 2.35 bits per heavy atom. The van der Waals surface area contributed by atoms with Crippen LogP contribution in [0.25, 0.3) is 0 Å². The zero-order chi connectivity index (χ0) is 19.3. The lowest BCUT2D eigenvalue weighted by Crippen LogP contribution is -2.32. The van der Waals surface area contributed by atoms with Crippen molar-refractivity contribution in [1.29, 1.82) is 0 Å². The molecule has 0 radical (unpaired) electrons. The van der Waals surface area contributed by atoms with E-state index in [2.05, 4.69) is 5.32 Å². The van der Waals surface area contributed by atoms with Crippen molar-refractivity contribution in [3.8, 4) is 5.75 Å². The lowest BCUT2D eigenvalue weighted by Gasteiger charge is -2.23. The van der Waals surface area contributed by atoms with E-state index in [0.29, 0.717) is 16.5 Å². The third-order valence-corrected chi connectivity index (χ3v) is 4.11. The van der Waals surface area contributed by atoms with Crippen LogP contribution in [0, 0.1) is 13.8 Å². The summed E-state index contributed by atoms with van der Waals surface area (Å²) in [7, 11) is 1.53. The number of nitrogens with one attached hydrogen (secondary N) is 1. The van der Waals surface area contributed by atoms with Crippen molar-refractivity contribution in [2.24, 2.45) is 0 Å². The number of carbonyl (C=O) groups excluding carboxylic acids is 2. The monoisotopic (exact) mass is 374 g/mol. The summed E-state index contributed by atoms with van der Waals surface area (Å²) in [5.74, 6) is 0.173. The molecule has 0 aliphatic carbocycles. The fourth-order valence-corrected chi connectivity index (χ4v) is 2.97. The molecule has 2 rings (SSSR count). The topological polar surface area (TPSA) is 58.6 Å². The van der Waals surface area contributed by atoms with Gasteiger partial charge in [0.25, 0.3) is 0 Å². The number of ether oxygens (including phenoxy) is 1. The second kappa shape index (κ2) is 8.72. The summed E-state index contributed by atoms with van der Waals surface area (Å²) in [5.41, 5.74) is 3.46. The third-order valence-electron chi connectivity index (χ3n) is 3.88. The molecule has 2 aromatic rings. The summed E-state index contributed by atoms with van der Waals surface area (Å²) in [4.78, 5) is 25.9. The van der Waals surface area contributed by atoms with Gasteiger partial charge in [0.1, 0.15) is 5.75 Å². The van der Waals surface area contributed by atoms with Gasteiger partial charge in [-0.2, -0.15) is 0 Å². The second-order valence-electron chi connectivity index (χ2n) is 6.16. The molecule has 26 heavy (non-hydrogen) atoms. The number of hydrogen-bond donors (Lipinski definition) is 1. The third kappa shape index (κ3) is 5.23. The molecule has 0 saturated heterocycles. The van der Waals surface area contributed by atoms with Crippen LogP contribution in [0.2, 0.25) is 5.02 Å². The first-order valence-corrected chi connectivity index (χ1v) is 8.67. The molecule has 0 unspecified atom stereocenters. The van der Waals surface area contributed by atoms with Crippen LogP contribution < -0.4 is 15.0 Å². The van der Waals surface area contributed by atoms with E-state index in [4.69, 9.17) is 16.3 Å². The highest BCUT2D eigenvalue weighted by Crippen LogP contribution is 2.31. The van der Waals surface area contributed by atoms with Gasteiger partial charge >= 0.3 is 0 Å². The average molecular weight is 375 g/mol. The van der Waals surface area contributed by atoms with Crippen molar-refractivity contribution in [2.45, 2.75) is 27.2 Å². The van der Waals surface area contributed by atoms with Gasteiger partial charge in [-0.3, -0.25) is 9.59 Å². The van der Waals surface area contributed by atoms with E-state index in [1.165, 1.54) is 18.9 Å². The molecule has 5 nitrogen and oxygen atoms in total. The lowest BCUT2D eigenvalue weighted by atomic mass is 10.1. The zero-order valence-electron chi connectivity index (χ0n) is 15.4. The summed E-state index contributed by atoms with van der Waals surface area (Å²) in [6, 6.07) is 10.9. The van der Waals surface area contributed by atoms with Gasteiger partial charge in [0, 0.05) is 30.6 Å². The van der Waals surface area contributed by atoms with Gasteiger partial charge in [-0.05, 0) is 55.3 Å². The smallest absolute Gasteiger partial charge is 0.226 e. The maximum atomic E-state index is 12.3. The standard InChI is InChI=1S/C20H23ClN2O3/c1-13-9-14(2)11-17(10-13)22-20(25)7-8-23(15(3)24)18-12-16(21)5-6-19(18)26-4/h5-6,9-12H,7-8H2,1-4H3,(H,22,25). The maximum Gasteiger partial charge on any atom is 0.226 e. The van der Waals surface area contributed by atoms with Gasteiger partial charge in [0.2, 0.25) is 11.8 Å². The normalized spacial score (nSPS) is 10.3. The van der Waals surface area contributed by atoms with Crippen LogP contribution >= 0.6 is 11.6 Å². The molecule has 0 saturated carbocycles. The van der Waals surface area contributed by atoms with E-state index in [1.54, 1.807) is 18.2 Å². The zero-order valence-corrected chi connectivity index (χ0v) is 16.2. The summed E-state index contributed by atoms with van der Waals surface area (Å²) in [6.45, 7) is 5.63. The number of halogens is 1. The van der Waals surface area contributed by atoms with Gasteiger partial charge < -0.3 is 15.0 Å². The fraction of sp³-hybridized carbons (Fsp3) is 0.300. The van der Waals surface area contributed by atoms with Crippen LogP contribution in [0.15, 0.2) is 36.4 Å². The minimum absolute atomic E-state index is 0.155. The quantitative estimate of drug-likeness (QED) is 0.817. The van der Waals surface area contributed by atoms with Crippen LogP contribution in [-0.2, 0) is 9.59 Å². The Morgan fingerprint density at radius 1 is 1.12 bits per heavy atom. The van der Waals surface area contributed by atoms with Crippen molar-refractivity contribution < 1.29 is 14.3 Å². The second-order valence-corrected chi connectivity index (χ2v) is 6.60. The van der Waals surface area contributed by atoms with Crippen LogP contribution in [-0.4, -0.2) is 25.5 Å². The SMILES string of the molecule is COc1ccc(Cl)cc1N(CCC(=O)Nc1cc(C)cc(C)c1)C(C)=O. The predicted octanol–water partition coefficient (Wildman–Crippen LogP) is 4.35. The van der Waals surface area contributed by atoms with Gasteiger partial charge in [-0.15, -0.1) is 0 Å². The molecule has 1 N–H and O–H groups in total. The van der Waals surface area contributed by atoms with Crippen LogP contribution in [0.4, 0.5) is 11.4 Å². The van der Waals surface area contributed by atoms with Gasteiger partial charge in [0.15, 0.2) is 0 Å². The van der Waals surface area contributed by atoms with Crippen LogP contribution in [0.3, 0.4) is 0 Å². The van der Waals surface area contributed by atoms with E-state index >= 15 is 0 Å². The number of nitrogens with zero attached hydrogens (tertiary/aromatic N) is 1. The van der Waals surface area contributed by atoms with Crippen molar-refractivity contribution in [1.82, 2.24) is 0 Å². The molecule has 0 aromatic heterocycles. The molecule has 0 bridgehead atoms. The Kier molecular flexibility index (Phi) is 6.64. The molecular weight excluding hydrogens is 352 g/mol. The maximum absolute atomic E-state index is 12.3. The highest BCUT2D eigenvalue weighted by molar-refractivity contribution is 6.31. The molecule has 2 amide bonds. The number of amides is 2. The first-order chi connectivity index (χ1) is 12.3. The number of carbonyl (C=O) groups is 2. The summed E-state index contributed by atoms with van der Waals surface area (Å²) in [5, 5.41) is 3.37. The van der Waals surface area contributed by atoms with Crippen molar-refractivity contribution >= 4 is 34.8 Å². The highest BCUT2D eigenvalue weighted by atomic mass is 35.5. The molecule has 0 atom stereocenters. The van der Waals surface area contributed by atoms with E-state index in [9.17, 15) is 9.59 Å². The molecule has 0 fully saturated rings. The average Bonchev–Trinajstić information content (AvgIpc) is 2.54. The Balaban J connectivity index is 2.10. The number of rotatable bonds is 6. The predicted molar refractivity (Wildman–Crippen MR) is 105 cm³/mol. The lowest BCUT2D eigenvalue weighted by molar-refractivity contribution is -0.117. The molecule has 0 aliphatic heterocycles. The van der Waals surface area contributed by atoms with Crippen LogP contribution in [0.5, 0.6) is 5.75 Å². The molecule has 138 valence electrons. The molecule has 0 heterocycles. The molecular formula is C20H23ClN2O3. The first-order valence-electron chi connectivity index (χ1n) is 8.30. The molecule has 6 heteroatoms. The van der Waals surface area contributed by atoms with Gasteiger partial charge in [-0.25, -0.2) is 0 Å². The number of benzene rings is 2. The van der Waals surface area contributed by atoms with Crippen molar-refractivity contribution in [3.63, 3.8) is 0 Å².